The summed E-state index contributed by atoms with van der Waals surface area (Å²) in [6.07, 6.45) is 5.45. The Labute approximate surface area is 70.5 Å². The van der Waals surface area contributed by atoms with Crippen molar-refractivity contribution in [2.24, 2.45) is 0 Å². The van der Waals surface area contributed by atoms with Gasteiger partial charge in [0.1, 0.15) is 5.82 Å². The van der Waals surface area contributed by atoms with Crippen LogP contribution < -0.4 is 0 Å². The van der Waals surface area contributed by atoms with Crippen LogP contribution in [0.5, 0.6) is 0 Å². The van der Waals surface area contributed by atoms with Crippen molar-refractivity contribution in [2.75, 3.05) is 0 Å². The molecule has 0 aliphatic heterocycles. The van der Waals surface area contributed by atoms with Crippen molar-refractivity contribution in [3.8, 4) is 0 Å². The molecule has 1 radical (unpaired) electrons. The zero-order chi connectivity index (χ0) is 8.81. The van der Waals surface area contributed by atoms with Gasteiger partial charge in [-0.3, -0.25) is 4.79 Å². The van der Waals surface area contributed by atoms with Gasteiger partial charge in [-0.05, 0) is 17.7 Å². The predicted octanol–water partition coefficient (Wildman–Crippen LogP) is 2.34. The number of rotatable bonds is 3. The highest BCUT2D eigenvalue weighted by atomic mass is 19.1. The fourth-order valence-electron chi connectivity index (χ4n) is 0.817. The lowest BCUT2D eigenvalue weighted by Gasteiger charge is -1.90. The molecule has 0 N–H and O–H groups in total. The molecule has 0 saturated carbocycles. The van der Waals surface area contributed by atoms with E-state index in [1.54, 1.807) is 30.6 Å². The number of hydrogen-bond acceptors (Lipinski definition) is 1. The summed E-state index contributed by atoms with van der Waals surface area (Å²) in [6.45, 7) is 0. The van der Waals surface area contributed by atoms with E-state index in [4.69, 9.17) is 0 Å². The van der Waals surface area contributed by atoms with E-state index in [0.717, 1.165) is 5.56 Å². The second kappa shape index (κ2) is 4.44. The van der Waals surface area contributed by atoms with Crippen LogP contribution in [0.15, 0.2) is 30.3 Å². The normalized spacial score (nSPS) is 10.4. The Kier molecular flexibility index (Phi) is 3.20. The molecule has 12 heavy (non-hydrogen) atoms. The van der Waals surface area contributed by atoms with Crippen LogP contribution >= 0.6 is 0 Å². The van der Waals surface area contributed by atoms with Gasteiger partial charge >= 0.3 is 0 Å². The van der Waals surface area contributed by atoms with Crippen LogP contribution in [0.4, 0.5) is 4.39 Å². The molecule has 1 aromatic carbocycles. The van der Waals surface area contributed by atoms with Gasteiger partial charge in [0.2, 0.25) is 6.29 Å². The number of halogens is 1. The minimum atomic E-state index is -0.255. The summed E-state index contributed by atoms with van der Waals surface area (Å²) in [5, 5.41) is 0. The van der Waals surface area contributed by atoms with E-state index in [1.165, 1.54) is 12.1 Å². The summed E-state index contributed by atoms with van der Waals surface area (Å²) < 4.78 is 12.4. The smallest absolute Gasteiger partial charge is 0.202 e. The molecule has 1 nitrogen and oxygen atoms in total. The second-order valence-corrected chi connectivity index (χ2v) is 2.30. The van der Waals surface area contributed by atoms with Gasteiger partial charge in [-0.15, -0.1) is 0 Å². The summed E-state index contributed by atoms with van der Waals surface area (Å²) in [5.41, 5.74) is 0.881. The minimum absolute atomic E-state index is 0.255. The standard InChI is InChI=1S/C10H8FO/c11-10-6-4-9(5-7-10)3-1-2-8-12/h1,3-7H,2H2/b3-1+. The Morgan fingerprint density at radius 3 is 2.58 bits per heavy atom. The third-order valence-electron chi connectivity index (χ3n) is 1.38. The molecule has 0 heterocycles. The van der Waals surface area contributed by atoms with Crippen LogP contribution in [0.1, 0.15) is 12.0 Å². The van der Waals surface area contributed by atoms with Gasteiger partial charge in [-0.25, -0.2) is 4.39 Å². The zero-order valence-electron chi connectivity index (χ0n) is 6.46. The summed E-state index contributed by atoms with van der Waals surface area (Å²) in [4.78, 5) is 9.81. The quantitative estimate of drug-likeness (QED) is 0.668. The molecule has 61 valence electrons. The van der Waals surface area contributed by atoms with E-state index in [1.807, 2.05) is 0 Å². The van der Waals surface area contributed by atoms with Crippen LogP contribution in [0.3, 0.4) is 0 Å². The Bertz CT molecular complexity index is 274. The molecule has 0 spiro atoms. The van der Waals surface area contributed by atoms with Crippen LogP contribution in [0, 0.1) is 5.82 Å². The molecule has 0 aliphatic carbocycles. The first-order chi connectivity index (χ1) is 5.83. The van der Waals surface area contributed by atoms with Gasteiger partial charge in [-0.2, -0.15) is 0 Å². The van der Waals surface area contributed by atoms with Gasteiger partial charge < -0.3 is 0 Å². The van der Waals surface area contributed by atoms with Gasteiger partial charge in [0.15, 0.2) is 0 Å². The average molecular weight is 163 g/mol. The number of hydrogen-bond donors (Lipinski definition) is 0. The van der Waals surface area contributed by atoms with E-state index in [2.05, 4.69) is 0 Å². The maximum absolute atomic E-state index is 12.4. The van der Waals surface area contributed by atoms with Crippen LogP contribution in [-0.4, -0.2) is 6.29 Å². The fourth-order valence-corrected chi connectivity index (χ4v) is 0.817. The average Bonchev–Trinajstić information content (AvgIpc) is 2.09. The summed E-state index contributed by atoms with van der Waals surface area (Å²) >= 11 is 0. The van der Waals surface area contributed by atoms with E-state index in [0.29, 0.717) is 0 Å². The van der Waals surface area contributed by atoms with E-state index < -0.39 is 0 Å². The highest BCUT2D eigenvalue weighted by Crippen LogP contribution is 2.04. The lowest BCUT2D eigenvalue weighted by atomic mass is 10.2. The molecule has 0 atom stereocenters. The van der Waals surface area contributed by atoms with E-state index in [-0.39, 0.29) is 12.2 Å². The maximum atomic E-state index is 12.4. The molecule has 1 rings (SSSR count). The molecule has 0 aromatic heterocycles. The highest BCUT2D eigenvalue weighted by molar-refractivity contribution is 5.58. The summed E-state index contributed by atoms with van der Waals surface area (Å²) in [5.74, 6) is -0.255. The van der Waals surface area contributed by atoms with Gasteiger partial charge in [0, 0.05) is 6.42 Å². The number of benzene rings is 1. The Morgan fingerprint density at radius 1 is 1.33 bits per heavy atom. The molecule has 0 fully saturated rings. The summed E-state index contributed by atoms with van der Waals surface area (Å²) in [6, 6.07) is 6.06. The van der Waals surface area contributed by atoms with Gasteiger partial charge in [-0.1, -0.05) is 24.3 Å². The van der Waals surface area contributed by atoms with Crippen molar-refractivity contribution in [1.82, 2.24) is 0 Å². The maximum Gasteiger partial charge on any atom is 0.202 e. The number of carbonyl (C=O) groups excluding carboxylic acids is 1. The first kappa shape index (κ1) is 8.65. The lowest BCUT2D eigenvalue weighted by Crippen LogP contribution is -1.74. The van der Waals surface area contributed by atoms with Crippen molar-refractivity contribution < 1.29 is 9.18 Å². The first-order valence-electron chi connectivity index (χ1n) is 3.60. The fraction of sp³-hybridized carbons (Fsp3) is 0.100. The molecular weight excluding hydrogens is 155 g/mol. The monoisotopic (exact) mass is 163 g/mol. The third kappa shape index (κ3) is 2.66. The first-order valence-corrected chi connectivity index (χ1v) is 3.60. The van der Waals surface area contributed by atoms with Gasteiger partial charge in [0.25, 0.3) is 0 Å². The zero-order valence-corrected chi connectivity index (χ0v) is 6.46. The van der Waals surface area contributed by atoms with Crippen molar-refractivity contribution >= 4 is 12.4 Å². The molecule has 1 aromatic rings. The van der Waals surface area contributed by atoms with Gasteiger partial charge in [0.05, 0.1) is 0 Å². The summed E-state index contributed by atoms with van der Waals surface area (Å²) in [7, 11) is 0. The SMILES string of the molecule is O=[C]C/C=C/c1ccc(F)cc1. The Balaban J connectivity index is 2.64. The number of allylic oxidation sites excluding steroid dienone is 1. The molecule has 0 amide bonds. The molecule has 0 saturated heterocycles. The van der Waals surface area contributed by atoms with E-state index in [9.17, 15) is 9.18 Å². The van der Waals surface area contributed by atoms with E-state index >= 15 is 0 Å². The molecule has 0 aliphatic rings. The Hall–Kier alpha value is -1.44. The highest BCUT2D eigenvalue weighted by Gasteiger charge is 1.87. The van der Waals surface area contributed by atoms with Crippen LogP contribution in [0.25, 0.3) is 6.08 Å². The van der Waals surface area contributed by atoms with Crippen molar-refractivity contribution in [1.29, 1.82) is 0 Å². The minimum Gasteiger partial charge on any atom is -0.291 e. The van der Waals surface area contributed by atoms with Crippen LogP contribution in [-0.2, 0) is 4.79 Å². The van der Waals surface area contributed by atoms with Crippen molar-refractivity contribution in [2.45, 2.75) is 6.42 Å². The second-order valence-electron chi connectivity index (χ2n) is 2.30. The third-order valence-corrected chi connectivity index (χ3v) is 1.38. The molecule has 0 unspecified atom stereocenters. The van der Waals surface area contributed by atoms with Crippen molar-refractivity contribution in [3.05, 3.63) is 41.7 Å². The molecular formula is C10H8FO. The lowest BCUT2D eigenvalue weighted by molar-refractivity contribution is 0.556. The molecule has 0 bridgehead atoms. The Morgan fingerprint density at radius 2 is 2.00 bits per heavy atom. The van der Waals surface area contributed by atoms with Crippen molar-refractivity contribution in [3.63, 3.8) is 0 Å². The van der Waals surface area contributed by atoms with Crippen LogP contribution in [0.2, 0.25) is 0 Å². The largest absolute Gasteiger partial charge is 0.291 e. The molecule has 2 heteroatoms. The topological polar surface area (TPSA) is 17.1 Å². The predicted molar refractivity (Wildman–Crippen MR) is 45.7 cm³/mol.